The molecule has 1 aromatic carbocycles. The lowest BCUT2D eigenvalue weighted by Crippen LogP contribution is -2.62. The van der Waals surface area contributed by atoms with Crippen LogP contribution in [-0.4, -0.2) is 198 Å². The van der Waals surface area contributed by atoms with Gasteiger partial charge in [-0.05, 0) is 74.0 Å². The molecule has 25 nitrogen and oxygen atoms in total. The number of fused-ring (bicyclic) bond motifs is 2. The molecule has 27 heteroatoms. The number of aliphatic hydroxyl groups is 1. The van der Waals surface area contributed by atoms with E-state index in [0.717, 1.165) is 21.6 Å². The molecule has 442 valence electrons. The monoisotopic (exact) mass is 1150 g/mol. The first kappa shape index (κ1) is 65.8. The molecule has 3 aliphatic rings. The van der Waals surface area contributed by atoms with Crippen LogP contribution in [0.2, 0.25) is 0 Å². The number of aliphatic hydroxyl groups excluding tert-OH is 1. The zero-order valence-corrected chi connectivity index (χ0v) is 47.8. The summed E-state index contributed by atoms with van der Waals surface area (Å²) in [4.78, 5) is 143. The smallest absolute Gasteiger partial charge is 0.246 e. The van der Waals surface area contributed by atoms with E-state index >= 15 is 0 Å². The van der Waals surface area contributed by atoms with Crippen LogP contribution in [0.15, 0.2) is 24.3 Å². The van der Waals surface area contributed by atoms with Crippen LogP contribution in [0.5, 0.6) is 5.75 Å². The lowest BCUT2D eigenvalue weighted by molar-refractivity contribution is -0.143. The van der Waals surface area contributed by atoms with Gasteiger partial charge in [0.1, 0.15) is 66.7 Å². The number of amides is 10. The lowest BCUT2D eigenvalue weighted by atomic mass is 9.96. The molecule has 0 aliphatic carbocycles. The number of aromatic hydroxyl groups is 1. The summed E-state index contributed by atoms with van der Waals surface area (Å²) in [5.41, 5.74) is 11.8. The molecule has 3 fully saturated rings. The third-order valence-electron chi connectivity index (χ3n) is 13.7. The maximum absolute atomic E-state index is 14.8. The Balaban J connectivity index is 1.75. The number of primary amides is 1. The zero-order chi connectivity index (χ0) is 58.3. The number of carbonyl (C=O) groups is 10. The number of phenols is 1. The van der Waals surface area contributed by atoms with E-state index in [4.69, 9.17) is 20.9 Å². The Morgan fingerprint density at radius 3 is 1.76 bits per heavy atom. The number of benzene rings is 1. The van der Waals surface area contributed by atoms with Gasteiger partial charge in [-0.3, -0.25) is 47.9 Å². The molecular formula is C52H83N11O14S2. The van der Waals surface area contributed by atoms with Gasteiger partial charge in [0.25, 0.3) is 0 Å². The maximum Gasteiger partial charge on any atom is 0.246 e. The van der Waals surface area contributed by atoms with Crippen LogP contribution in [0.3, 0.4) is 0 Å². The van der Waals surface area contributed by atoms with Crippen LogP contribution in [0.25, 0.3) is 0 Å². The van der Waals surface area contributed by atoms with Crippen LogP contribution in [0, 0.1) is 17.8 Å². The van der Waals surface area contributed by atoms with Gasteiger partial charge in [-0.15, -0.1) is 0 Å². The second kappa shape index (κ2) is 33.1. The van der Waals surface area contributed by atoms with Crippen molar-refractivity contribution in [3.05, 3.63) is 29.8 Å². The van der Waals surface area contributed by atoms with Crippen molar-refractivity contribution in [3.8, 4) is 5.75 Å². The van der Waals surface area contributed by atoms with E-state index in [1.807, 2.05) is 27.7 Å². The summed E-state index contributed by atoms with van der Waals surface area (Å²) in [6, 6.07) is -5.51. The first-order valence-electron chi connectivity index (χ1n) is 27.1. The SMILES string of the molecule is CC[C@H](C)[C@@H]1NC(=O)[C@H](CO)NC(=O)[C@@H]2CCCN2C(=O)[C@@H](NC(=O)COCCOCCN)CSSC[C@@H](C(N)=O)NC(=O)[C@H](CC(C)C)NC(=O)[C@H](CC(C)C)NC(=O)[C@@H]2CCCN2C(=O)[C@H](Cc2ccc(O)cc2)NC1=O. The van der Waals surface area contributed by atoms with Crippen LogP contribution in [-0.2, 0) is 63.8 Å². The minimum absolute atomic E-state index is 0.0464. The van der Waals surface area contributed by atoms with Crippen LogP contribution in [0.1, 0.15) is 92.1 Å². The molecular weight excluding hydrogens is 1070 g/mol. The van der Waals surface area contributed by atoms with Gasteiger partial charge in [-0.25, -0.2) is 0 Å². The summed E-state index contributed by atoms with van der Waals surface area (Å²) in [7, 11) is 2.12. The second-order valence-corrected chi connectivity index (χ2v) is 23.5. The highest BCUT2D eigenvalue weighted by Gasteiger charge is 2.43. The zero-order valence-electron chi connectivity index (χ0n) is 46.1. The van der Waals surface area contributed by atoms with E-state index in [2.05, 4.69) is 37.2 Å². The van der Waals surface area contributed by atoms with Crippen molar-refractivity contribution < 1.29 is 67.6 Å². The fraction of sp³-hybridized carbons (Fsp3) is 0.692. The molecule has 0 spiro atoms. The predicted molar refractivity (Wildman–Crippen MR) is 295 cm³/mol. The summed E-state index contributed by atoms with van der Waals surface area (Å²) in [5.74, 6) is -8.63. The molecule has 1 aromatic rings. The Morgan fingerprint density at radius 2 is 1.20 bits per heavy atom. The molecule has 3 heterocycles. The fourth-order valence-corrected chi connectivity index (χ4v) is 11.6. The third kappa shape index (κ3) is 20.7. The molecule has 10 amide bonds. The molecule has 3 aliphatic heterocycles. The van der Waals surface area contributed by atoms with E-state index in [1.54, 1.807) is 26.0 Å². The van der Waals surface area contributed by atoms with Crippen LogP contribution >= 0.6 is 21.6 Å². The minimum atomic E-state index is -1.62. The average molecular weight is 1150 g/mol. The number of rotatable bonds is 18. The highest BCUT2D eigenvalue weighted by molar-refractivity contribution is 8.76. The molecule has 0 bridgehead atoms. The fourth-order valence-electron chi connectivity index (χ4n) is 9.28. The molecule has 13 N–H and O–H groups in total. The van der Waals surface area contributed by atoms with Gasteiger partial charge in [0.05, 0.1) is 26.4 Å². The second-order valence-electron chi connectivity index (χ2n) is 20.9. The number of nitrogens with zero attached hydrogens (tertiary/aromatic N) is 2. The first-order chi connectivity index (χ1) is 37.6. The van der Waals surface area contributed by atoms with Gasteiger partial charge in [-0.1, -0.05) is 81.7 Å². The van der Waals surface area contributed by atoms with Gasteiger partial charge in [0.2, 0.25) is 59.1 Å². The Kier molecular flexibility index (Phi) is 27.6. The van der Waals surface area contributed by atoms with Gasteiger partial charge in [0.15, 0.2) is 0 Å². The molecule has 3 saturated heterocycles. The van der Waals surface area contributed by atoms with Crippen molar-refractivity contribution in [2.45, 2.75) is 147 Å². The van der Waals surface area contributed by atoms with E-state index in [1.165, 1.54) is 21.9 Å². The highest BCUT2D eigenvalue weighted by Crippen LogP contribution is 2.27. The summed E-state index contributed by atoms with van der Waals surface area (Å²) >= 11 is 0. The summed E-state index contributed by atoms with van der Waals surface area (Å²) in [5, 5.41) is 39.5. The van der Waals surface area contributed by atoms with Crippen LogP contribution in [0.4, 0.5) is 0 Å². The van der Waals surface area contributed by atoms with E-state index in [0.29, 0.717) is 31.4 Å². The molecule has 79 heavy (non-hydrogen) atoms. The Morgan fingerprint density at radius 1 is 0.684 bits per heavy atom. The standard InChI is InChI=1S/C52H83N11O14S2/c1-7-31(6)43-50(73)58-36(24-32-12-14-33(65)15-13-32)51(74)62-17-8-10-40(62)48(71)57-35(23-30(4)5)45(68)56-34(22-29(2)3)46(69)60-38(44(54)67)27-78-79-28-39(55-42(66)26-77-21-20-76-19-16-53)52(75)63-18-9-11-41(63)49(72)59-37(25-64)47(70)61-43/h12-15,29-31,34-41,43,64-65H,7-11,16-28,53H2,1-6H3,(H2,54,67)(H,55,66)(H,56,68)(H,57,71)(H,58,73)(H,59,72)(H,60,69)(H,61,70)/t31-,34-,35-,36-,37-,38-,39-,40-,41-,43-/m0/s1. The number of carbonyl (C=O) groups excluding carboxylic acids is 10. The largest absolute Gasteiger partial charge is 0.508 e. The Bertz CT molecular complexity index is 2250. The number of phenolic OH excluding ortho intramolecular Hbond substituents is 1. The van der Waals surface area contributed by atoms with Gasteiger partial charge in [0, 0.05) is 37.6 Å². The quantitative estimate of drug-likeness (QED) is 0.0577. The maximum atomic E-state index is 14.8. The number of nitrogens with one attached hydrogen (secondary N) is 7. The van der Waals surface area contributed by atoms with Crippen molar-refractivity contribution >= 4 is 80.7 Å². The highest BCUT2D eigenvalue weighted by atomic mass is 33.1. The number of ether oxygens (including phenoxy) is 2. The van der Waals surface area contributed by atoms with Crippen molar-refractivity contribution in [2.24, 2.45) is 29.2 Å². The predicted octanol–water partition coefficient (Wildman–Crippen LogP) is -1.69. The first-order valence-corrected chi connectivity index (χ1v) is 29.6. The topological polar surface area (TPSA) is 372 Å². The summed E-state index contributed by atoms with van der Waals surface area (Å²) in [6.07, 6.45) is 1.60. The molecule has 0 radical (unpaired) electrons. The average Bonchev–Trinajstić information content (AvgIpc) is 4.14. The lowest BCUT2D eigenvalue weighted by Gasteiger charge is -2.32. The van der Waals surface area contributed by atoms with Gasteiger partial charge in [-0.2, -0.15) is 0 Å². The van der Waals surface area contributed by atoms with Crippen molar-refractivity contribution in [1.82, 2.24) is 47.0 Å². The van der Waals surface area contributed by atoms with Crippen LogP contribution < -0.4 is 48.7 Å². The van der Waals surface area contributed by atoms with E-state index in [-0.39, 0.29) is 94.1 Å². The Labute approximate surface area is 469 Å². The third-order valence-corrected chi connectivity index (χ3v) is 16.1. The Hall–Kier alpha value is -5.74. The molecule has 0 aromatic heterocycles. The van der Waals surface area contributed by atoms with Crippen molar-refractivity contribution in [3.63, 3.8) is 0 Å². The van der Waals surface area contributed by atoms with Crippen molar-refractivity contribution in [1.29, 1.82) is 0 Å². The van der Waals surface area contributed by atoms with E-state index < -0.39 is 133 Å². The molecule has 0 unspecified atom stereocenters. The van der Waals surface area contributed by atoms with E-state index in [9.17, 15) is 58.2 Å². The molecule has 10 atom stereocenters. The molecule has 0 saturated carbocycles. The summed E-state index contributed by atoms with van der Waals surface area (Å²) < 4.78 is 10.7. The van der Waals surface area contributed by atoms with Gasteiger partial charge >= 0.3 is 0 Å². The minimum Gasteiger partial charge on any atom is -0.508 e. The normalized spacial score (nSPS) is 26.3. The number of hydrogen-bond donors (Lipinski definition) is 11. The number of hydrogen-bond acceptors (Lipinski definition) is 17. The van der Waals surface area contributed by atoms with Crippen molar-refractivity contribution in [2.75, 3.05) is 64.2 Å². The summed E-state index contributed by atoms with van der Waals surface area (Å²) in [6.45, 7) is 10.4. The van der Waals surface area contributed by atoms with Gasteiger partial charge < -0.3 is 78.2 Å². The number of nitrogens with two attached hydrogens (primary N) is 2. The molecule has 4 rings (SSSR count).